The number of aryl methyl sites for hydroxylation is 2. The van der Waals surface area contributed by atoms with Gasteiger partial charge in [-0.15, -0.1) is 0 Å². The number of fused-ring (bicyclic) bond motifs is 1. The first-order chi connectivity index (χ1) is 12.6. The summed E-state index contributed by atoms with van der Waals surface area (Å²) in [6.45, 7) is 4.09. The van der Waals surface area contributed by atoms with E-state index in [0.717, 1.165) is 40.1 Å². The van der Waals surface area contributed by atoms with Gasteiger partial charge in [-0.2, -0.15) is 0 Å². The van der Waals surface area contributed by atoms with E-state index in [4.69, 9.17) is 0 Å². The number of rotatable bonds is 3. The molecule has 2 aromatic carbocycles. The minimum absolute atomic E-state index is 0.0372. The molecule has 1 N–H and O–H groups in total. The number of aliphatic imine (C=N–C) groups is 1. The highest BCUT2D eigenvalue weighted by Gasteiger charge is 2.18. The number of allylic oxidation sites excluding steroid dienone is 1. The molecular weight excluding hydrogens is 344 g/mol. The molecule has 0 radical (unpaired) electrons. The number of thiazole rings is 1. The van der Waals surface area contributed by atoms with Gasteiger partial charge in [-0.05, 0) is 37.1 Å². The van der Waals surface area contributed by atoms with Crippen LogP contribution in [0.3, 0.4) is 0 Å². The molecule has 4 rings (SSSR count). The van der Waals surface area contributed by atoms with Crippen molar-refractivity contribution in [1.82, 2.24) is 4.57 Å². The SMILES string of the molecule is CCc1cccc2c1N=CC2=Cc1sc(=O)n(-c2ccc(C)cc2)c1O. The Morgan fingerprint density at radius 1 is 1.19 bits per heavy atom. The predicted molar refractivity (Wildman–Crippen MR) is 108 cm³/mol. The highest BCUT2D eigenvalue weighted by atomic mass is 32.1. The molecule has 0 unspecified atom stereocenters. The number of hydrogen-bond donors (Lipinski definition) is 1. The third kappa shape index (κ3) is 2.70. The van der Waals surface area contributed by atoms with Crippen LogP contribution in [-0.2, 0) is 6.42 Å². The molecule has 0 spiro atoms. The van der Waals surface area contributed by atoms with Crippen molar-refractivity contribution in [2.45, 2.75) is 20.3 Å². The molecule has 0 saturated heterocycles. The first-order valence-corrected chi connectivity index (χ1v) is 9.30. The van der Waals surface area contributed by atoms with Gasteiger partial charge in [0.15, 0.2) is 0 Å². The van der Waals surface area contributed by atoms with E-state index in [1.807, 2.05) is 49.4 Å². The van der Waals surface area contributed by atoms with Gasteiger partial charge in [0.2, 0.25) is 5.88 Å². The number of para-hydroxylation sites is 1. The van der Waals surface area contributed by atoms with Gasteiger partial charge in [-0.25, -0.2) is 4.57 Å². The summed E-state index contributed by atoms with van der Waals surface area (Å²) in [6, 6.07) is 13.6. The second-order valence-electron chi connectivity index (χ2n) is 6.25. The van der Waals surface area contributed by atoms with E-state index in [9.17, 15) is 9.90 Å². The minimum atomic E-state index is -0.212. The van der Waals surface area contributed by atoms with Crippen molar-refractivity contribution in [3.8, 4) is 11.6 Å². The standard InChI is InChI=1S/C21H18N2O2S/c1-3-14-5-4-6-17-15(12-22-19(14)17)11-18-20(24)23(21(25)26-18)16-9-7-13(2)8-10-16/h4-12,24H,3H2,1-2H3. The van der Waals surface area contributed by atoms with Gasteiger partial charge in [0, 0.05) is 17.4 Å². The van der Waals surface area contributed by atoms with Crippen LogP contribution < -0.4 is 4.87 Å². The molecule has 1 aromatic heterocycles. The van der Waals surface area contributed by atoms with Crippen molar-refractivity contribution >= 4 is 34.9 Å². The number of aromatic nitrogens is 1. The van der Waals surface area contributed by atoms with Gasteiger partial charge in [0.05, 0.1) is 16.3 Å². The Kier molecular flexibility index (Phi) is 4.09. The third-order valence-corrected chi connectivity index (χ3v) is 5.41. The maximum absolute atomic E-state index is 12.4. The summed E-state index contributed by atoms with van der Waals surface area (Å²) in [5.74, 6) is -0.0372. The molecule has 0 aliphatic carbocycles. The zero-order valence-electron chi connectivity index (χ0n) is 14.6. The van der Waals surface area contributed by atoms with Crippen LogP contribution in [-0.4, -0.2) is 15.9 Å². The second-order valence-corrected chi connectivity index (χ2v) is 7.24. The van der Waals surface area contributed by atoms with Crippen LogP contribution in [0.15, 0.2) is 52.3 Å². The van der Waals surface area contributed by atoms with E-state index >= 15 is 0 Å². The van der Waals surface area contributed by atoms with Crippen LogP contribution in [0.5, 0.6) is 5.88 Å². The van der Waals surface area contributed by atoms with Crippen molar-refractivity contribution < 1.29 is 5.11 Å². The largest absolute Gasteiger partial charge is 0.493 e. The monoisotopic (exact) mass is 362 g/mol. The third-order valence-electron chi connectivity index (χ3n) is 4.54. The molecule has 4 nitrogen and oxygen atoms in total. The average molecular weight is 362 g/mol. The summed E-state index contributed by atoms with van der Waals surface area (Å²) in [7, 11) is 0. The summed E-state index contributed by atoms with van der Waals surface area (Å²) < 4.78 is 1.34. The van der Waals surface area contributed by atoms with E-state index in [1.165, 1.54) is 10.1 Å². The molecule has 26 heavy (non-hydrogen) atoms. The van der Waals surface area contributed by atoms with Gasteiger partial charge in [0.1, 0.15) is 0 Å². The van der Waals surface area contributed by atoms with Crippen LogP contribution in [0.1, 0.15) is 28.5 Å². The Balaban J connectivity index is 1.80. The Labute approximate surface area is 155 Å². The van der Waals surface area contributed by atoms with E-state index in [1.54, 1.807) is 6.21 Å². The molecule has 130 valence electrons. The fourth-order valence-electron chi connectivity index (χ4n) is 3.12. The van der Waals surface area contributed by atoms with Crippen LogP contribution in [0.25, 0.3) is 17.3 Å². The van der Waals surface area contributed by atoms with Crippen LogP contribution in [0, 0.1) is 6.92 Å². The number of benzene rings is 2. The maximum atomic E-state index is 12.4. The van der Waals surface area contributed by atoms with Gasteiger partial charge >= 0.3 is 4.87 Å². The molecule has 0 atom stereocenters. The van der Waals surface area contributed by atoms with Crippen molar-refractivity contribution in [2.75, 3.05) is 0 Å². The number of aromatic hydroxyl groups is 1. The zero-order valence-corrected chi connectivity index (χ0v) is 15.4. The lowest BCUT2D eigenvalue weighted by Crippen LogP contribution is -2.09. The lowest BCUT2D eigenvalue weighted by Gasteiger charge is -2.05. The summed E-state index contributed by atoms with van der Waals surface area (Å²) in [4.78, 5) is 17.3. The molecule has 0 saturated carbocycles. The molecule has 1 aliphatic rings. The lowest BCUT2D eigenvalue weighted by atomic mass is 10.0. The minimum Gasteiger partial charge on any atom is -0.493 e. The lowest BCUT2D eigenvalue weighted by molar-refractivity contribution is 0.440. The fraction of sp³-hybridized carbons (Fsp3) is 0.143. The summed E-state index contributed by atoms with van der Waals surface area (Å²) in [6.07, 6.45) is 4.54. The molecule has 0 bridgehead atoms. The smallest absolute Gasteiger partial charge is 0.315 e. The van der Waals surface area contributed by atoms with Crippen LogP contribution in [0.4, 0.5) is 5.69 Å². The van der Waals surface area contributed by atoms with Crippen LogP contribution in [0.2, 0.25) is 0 Å². The van der Waals surface area contributed by atoms with Crippen molar-refractivity contribution in [3.63, 3.8) is 0 Å². The zero-order chi connectivity index (χ0) is 18.3. The second kappa shape index (κ2) is 6.42. The average Bonchev–Trinajstić information content (AvgIpc) is 3.17. The first kappa shape index (κ1) is 16.5. The Hall–Kier alpha value is -2.92. The highest BCUT2D eigenvalue weighted by Crippen LogP contribution is 2.37. The maximum Gasteiger partial charge on any atom is 0.315 e. The molecule has 0 amide bonds. The quantitative estimate of drug-likeness (QED) is 0.732. The predicted octanol–water partition coefficient (Wildman–Crippen LogP) is 4.73. The Bertz CT molecular complexity index is 1100. The summed E-state index contributed by atoms with van der Waals surface area (Å²) >= 11 is 1.03. The first-order valence-electron chi connectivity index (χ1n) is 8.48. The van der Waals surface area contributed by atoms with E-state index in [-0.39, 0.29) is 10.8 Å². The Morgan fingerprint density at radius 2 is 1.96 bits per heavy atom. The van der Waals surface area contributed by atoms with Crippen molar-refractivity contribution in [2.24, 2.45) is 4.99 Å². The highest BCUT2D eigenvalue weighted by molar-refractivity contribution is 7.10. The molecule has 3 aromatic rings. The topological polar surface area (TPSA) is 54.6 Å². The normalized spacial score (nSPS) is 14.2. The van der Waals surface area contributed by atoms with Crippen LogP contribution >= 0.6 is 11.3 Å². The van der Waals surface area contributed by atoms with Gasteiger partial charge in [-0.3, -0.25) is 9.79 Å². The number of hydrogen-bond acceptors (Lipinski definition) is 4. The summed E-state index contributed by atoms with van der Waals surface area (Å²) in [5, 5.41) is 10.6. The molecule has 2 heterocycles. The van der Waals surface area contributed by atoms with E-state index in [2.05, 4.69) is 18.0 Å². The van der Waals surface area contributed by atoms with Gasteiger partial charge in [0.25, 0.3) is 0 Å². The van der Waals surface area contributed by atoms with Crippen molar-refractivity contribution in [3.05, 3.63) is 73.7 Å². The van der Waals surface area contributed by atoms with Gasteiger partial charge < -0.3 is 5.11 Å². The Morgan fingerprint density at radius 3 is 2.69 bits per heavy atom. The van der Waals surface area contributed by atoms with Gasteiger partial charge in [-0.1, -0.05) is 54.2 Å². The fourth-order valence-corrected chi connectivity index (χ4v) is 3.96. The molecule has 0 fully saturated rings. The molecule has 5 heteroatoms. The number of nitrogens with zero attached hydrogens (tertiary/aromatic N) is 2. The van der Waals surface area contributed by atoms with E-state index < -0.39 is 0 Å². The molecular formula is C21H18N2O2S. The van der Waals surface area contributed by atoms with E-state index in [0.29, 0.717) is 10.6 Å². The molecule has 1 aliphatic heterocycles. The summed E-state index contributed by atoms with van der Waals surface area (Å²) in [5.41, 5.74) is 5.87. The van der Waals surface area contributed by atoms with Crippen molar-refractivity contribution in [1.29, 1.82) is 0 Å².